The van der Waals surface area contributed by atoms with Gasteiger partial charge in [-0.25, -0.2) is 9.18 Å². The van der Waals surface area contributed by atoms with E-state index >= 15 is 0 Å². The number of benzene rings is 1. The summed E-state index contributed by atoms with van der Waals surface area (Å²) < 4.78 is 19.5. The Bertz CT molecular complexity index is 521. The fraction of sp³-hybridized carbons (Fsp3) is 0.500. The van der Waals surface area contributed by atoms with Crippen molar-refractivity contribution in [2.45, 2.75) is 32.4 Å². The van der Waals surface area contributed by atoms with Gasteiger partial charge in [-0.3, -0.25) is 0 Å². The molecule has 3 N–H and O–H groups in total. The Balaban J connectivity index is 2.40. The van der Waals surface area contributed by atoms with E-state index in [0.717, 1.165) is 6.42 Å². The van der Waals surface area contributed by atoms with Crippen molar-refractivity contribution in [3.05, 3.63) is 23.5 Å². The molecule has 1 aromatic carbocycles. The van der Waals surface area contributed by atoms with Crippen LogP contribution in [0.4, 0.5) is 15.8 Å². The first kappa shape index (κ1) is 14.6. The number of nitrogens with zero attached hydrogens (tertiary/aromatic N) is 1. The molecule has 5 nitrogen and oxygen atoms in total. The van der Waals surface area contributed by atoms with E-state index in [1.54, 1.807) is 0 Å². The highest BCUT2D eigenvalue weighted by atomic mass is 19.1. The molecule has 0 amide bonds. The second-order valence-corrected chi connectivity index (χ2v) is 5.05. The van der Waals surface area contributed by atoms with Crippen LogP contribution in [0.15, 0.2) is 12.1 Å². The normalized spacial score (nSPS) is 22.9. The van der Waals surface area contributed by atoms with Crippen LogP contribution in [-0.4, -0.2) is 36.4 Å². The zero-order valence-corrected chi connectivity index (χ0v) is 11.6. The molecule has 20 heavy (non-hydrogen) atoms. The van der Waals surface area contributed by atoms with E-state index in [0.29, 0.717) is 18.8 Å². The number of rotatable bonds is 3. The molecule has 1 saturated heterocycles. The first-order chi connectivity index (χ1) is 9.43. The third-order valence-electron chi connectivity index (χ3n) is 3.60. The Hall–Kier alpha value is -1.82. The van der Waals surface area contributed by atoms with Crippen molar-refractivity contribution in [2.24, 2.45) is 0 Å². The molecule has 2 rings (SSSR count). The molecule has 110 valence electrons. The van der Waals surface area contributed by atoms with Crippen molar-refractivity contribution >= 4 is 17.3 Å². The van der Waals surface area contributed by atoms with E-state index in [4.69, 9.17) is 15.6 Å². The van der Waals surface area contributed by atoms with Crippen LogP contribution in [-0.2, 0) is 4.74 Å². The van der Waals surface area contributed by atoms with Crippen LogP contribution in [0.1, 0.15) is 30.6 Å². The standard InChI is InChI=1S/C14H19FN2O3/c1-3-9-7-20-8(2)6-17(9)13-5-11(15)10(14(18)19)4-12(13)16/h4-5,8-9H,3,6-7,16H2,1-2H3,(H,18,19). The van der Waals surface area contributed by atoms with E-state index in [-0.39, 0.29) is 17.8 Å². The van der Waals surface area contributed by atoms with Crippen LogP contribution < -0.4 is 10.6 Å². The number of hydrogen-bond donors (Lipinski definition) is 2. The Morgan fingerprint density at radius 3 is 2.90 bits per heavy atom. The summed E-state index contributed by atoms with van der Waals surface area (Å²) in [6, 6.07) is 2.50. The predicted molar refractivity (Wildman–Crippen MR) is 74.6 cm³/mol. The molecule has 1 aliphatic heterocycles. The van der Waals surface area contributed by atoms with Crippen LogP contribution in [0.5, 0.6) is 0 Å². The van der Waals surface area contributed by atoms with Gasteiger partial charge in [0.05, 0.1) is 35.7 Å². The van der Waals surface area contributed by atoms with Crippen molar-refractivity contribution in [3.8, 4) is 0 Å². The fourth-order valence-electron chi connectivity index (χ4n) is 2.47. The molecule has 6 heteroatoms. The number of ether oxygens (including phenoxy) is 1. The lowest BCUT2D eigenvalue weighted by Gasteiger charge is -2.40. The summed E-state index contributed by atoms with van der Waals surface area (Å²) in [5.74, 6) is -2.08. The quantitative estimate of drug-likeness (QED) is 0.830. The predicted octanol–water partition coefficient (Wildman–Crippen LogP) is 2.11. The number of nitrogen functional groups attached to an aromatic ring is 1. The second kappa shape index (κ2) is 5.66. The lowest BCUT2D eigenvalue weighted by molar-refractivity contribution is 0.0300. The van der Waals surface area contributed by atoms with Crippen molar-refractivity contribution in [3.63, 3.8) is 0 Å². The van der Waals surface area contributed by atoms with Crippen molar-refractivity contribution in [2.75, 3.05) is 23.8 Å². The van der Waals surface area contributed by atoms with Gasteiger partial charge in [0.1, 0.15) is 5.82 Å². The zero-order chi connectivity index (χ0) is 14.9. The molecule has 0 spiro atoms. The largest absolute Gasteiger partial charge is 0.478 e. The van der Waals surface area contributed by atoms with E-state index in [2.05, 4.69) is 0 Å². The first-order valence-corrected chi connectivity index (χ1v) is 6.64. The van der Waals surface area contributed by atoms with E-state index in [1.807, 2.05) is 18.7 Å². The maximum atomic E-state index is 13.9. The van der Waals surface area contributed by atoms with Gasteiger partial charge < -0.3 is 20.5 Å². The molecule has 0 aliphatic carbocycles. The molecule has 1 aliphatic rings. The molecular weight excluding hydrogens is 263 g/mol. The summed E-state index contributed by atoms with van der Waals surface area (Å²) >= 11 is 0. The summed E-state index contributed by atoms with van der Waals surface area (Å²) in [6.45, 7) is 5.13. The van der Waals surface area contributed by atoms with Gasteiger partial charge in [-0.15, -0.1) is 0 Å². The van der Waals surface area contributed by atoms with Gasteiger partial charge in [0.15, 0.2) is 0 Å². The van der Waals surface area contributed by atoms with E-state index in [9.17, 15) is 9.18 Å². The number of morpholine rings is 1. The van der Waals surface area contributed by atoms with Gasteiger partial charge in [0.2, 0.25) is 0 Å². The minimum Gasteiger partial charge on any atom is -0.478 e. The molecule has 0 aromatic heterocycles. The summed E-state index contributed by atoms with van der Waals surface area (Å²) in [6.07, 6.45) is 0.869. The van der Waals surface area contributed by atoms with Crippen molar-refractivity contribution in [1.29, 1.82) is 0 Å². The number of carboxylic acids is 1. The van der Waals surface area contributed by atoms with Gasteiger partial charge in [0, 0.05) is 12.6 Å². The topological polar surface area (TPSA) is 75.8 Å². The first-order valence-electron chi connectivity index (χ1n) is 6.64. The number of anilines is 2. The molecular formula is C14H19FN2O3. The number of carbonyl (C=O) groups is 1. The monoisotopic (exact) mass is 282 g/mol. The zero-order valence-electron chi connectivity index (χ0n) is 11.6. The Morgan fingerprint density at radius 1 is 1.60 bits per heavy atom. The van der Waals surface area contributed by atoms with Crippen molar-refractivity contribution < 1.29 is 19.0 Å². The summed E-state index contributed by atoms with van der Waals surface area (Å²) in [5, 5.41) is 8.90. The summed E-state index contributed by atoms with van der Waals surface area (Å²) in [5.41, 5.74) is 6.32. The minimum absolute atomic E-state index is 0.0272. The highest BCUT2D eigenvalue weighted by Crippen LogP contribution is 2.31. The van der Waals surface area contributed by atoms with E-state index in [1.165, 1.54) is 12.1 Å². The van der Waals surface area contributed by atoms with Crippen LogP contribution in [0.2, 0.25) is 0 Å². The number of nitrogens with two attached hydrogens (primary N) is 1. The maximum Gasteiger partial charge on any atom is 0.338 e. The molecule has 2 atom stereocenters. The Kier molecular flexibility index (Phi) is 4.13. The number of aromatic carboxylic acids is 1. The average Bonchev–Trinajstić information content (AvgIpc) is 2.40. The Morgan fingerprint density at radius 2 is 2.30 bits per heavy atom. The lowest BCUT2D eigenvalue weighted by atomic mass is 10.1. The molecule has 0 radical (unpaired) electrons. The van der Waals surface area contributed by atoms with Gasteiger partial charge in [-0.1, -0.05) is 6.92 Å². The molecule has 0 bridgehead atoms. The van der Waals surface area contributed by atoms with Gasteiger partial charge in [-0.05, 0) is 19.4 Å². The number of hydrogen-bond acceptors (Lipinski definition) is 4. The SMILES string of the molecule is CCC1COC(C)CN1c1cc(F)c(C(=O)O)cc1N. The lowest BCUT2D eigenvalue weighted by Crippen LogP contribution is -2.49. The number of carboxylic acid groups (broad SMARTS) is 1. The van der Waals surface area contributed by atoms with Crippen molar-refractivity contribution in [1.82, 2.24) is 0 Å². The van der Waals surface area contributed by atoms with Gasteiger partial charge in [0.25, 0.3) is 0 Å². The van der Waals surface area contributed by atoms with E-state index < -0.39 is 17.3 Å². The van der Waals surface area contributed by atoms with Gasteiger partial charge in [-0.2, -0.15) is 0 Å². The molecule has 0 saturated carbocycles. The third kappa shape index (κ3) is 2.70. The second-order valence-electron chi connectivity index (χ2n) is 5.05. The van der Waals surface area contributed by atoms with Crippen LogP contribution >= 0.6 is 0 Å². The molecule has 1 fully saturated rings. The third-order valence-corrected chi connectivity index (χ3v) is 3.60. The maximum absolute atomic E-state index is 13.9. The van der Waals surface area contributed by atoms with Crippen LogP contribution in [0.25, 0.3) is 0 Å². The molecule has 2 unspecified atom stereocenters. The minimum atomic E-state index is -1.32. The summed E-state index contributed by atoms with van der Waals surface area (Å²) in [4.78, 5) is 12.9. The fourth-order valence-corrected chi connectivity index (χ4v) is 2.47. The molecule has 1 aromatic rings. The van der Waals surface area contributed by atoms with Gasteiger partial charge >= 0.3 is 5.97 Å². The van der Waals surface area contributed by atoms with Crippen LogP contribution in [0.3, 0.4) is 0 Å². The average molecular weight is 282 g/mol. The smallest absolute Gasteiger partial charge is 0.338 e. The summed E-state index contributed by atoms with van der Waals surface area (Å²) in [7, 11) is 0. The highest BCUT2D eigenvalue weighted by molar-refractivity contribution is 5.91. The van der Waals surface area contributed by atoms with Crippen LogP contribution in [0, 0.1) is 5.82 Å². The molecule has 1 heterocycles. The number of halogens is 1. The Labute approximate surface area is 117 Å². The highest BCUT2D eigenvalue weighted by Gasteiger charge is 2.28.